The molecular formula is C57H62FNO9SSi. The molecule has 366 valence electrons. The Bertz CT molecular complexity index is 2770. The normalized spacial score (nSPS) is 15.2. The maximum absolute atomic E-state index is 14.4. The molecule has 0 radical (unpaired) electrons. The molecule has 5 aromatic carbocycles. The maximum Gasteiger partial charge on any atom is 0.321 e. The molecule has 0 saturated carbocycles. The largest absolute Gasteiger partial charge is 0.508 e. The SMILES string of the molecule is CC(C)(C)[Si](C)(C)O[C@@H](CC[C@H]1C(=O)N(c2ccc(C#CCCCCS(C)(=O)=O)cc2)[C@@H]1c1ccc(C#CCC(C(=O)OCc2ccccc2)C(=O)OCc2ccccc2)cc1O)c1ccc(F)cc1. The van der Waals surface area contributed by atoms with Crippen LogP contribution in [-0.2, 0) is 51.3 Å². The number of carbonyl (C=O) groups is 3. The molecule has 6 rings (SSSR count). The number of aromatic hydroxyl groups is 1. The first-order valence-electron chi connectivity index (χ1n) is 23.6. The Kier molecular flexibility index (Phi) is 18.0. The molecular weight excluding hydrogens is 922 g/mol. The van der Waals surface area contributed by atoms with E-state index >= 15 is 0 Å². The number of hydrogen-bond acceptors (Lipinski definition) is 9. The zero-order chi connectivity index (χ0) is 50.5. The Balaban J connectivity index is 1.24. The summed E-state index contributed by atoms with van der Waals surface area (Å²) in [6.45, 7) is 10.7. The second kappa shape index (κ2) is 23.9. The Hall–Kier alpha value is -6.51. The minimum atomic E-state index is -3.02. The van der Waals surface area contributed by atoms with Gasteiger partial charge in [-0.2, -0.15) is 0 Å². The number of nitrogens with zero attached hydrogens (tertiary/aromatic N) is 1. The van der Waals surface area contributed by atoms with Gasteiger partial charge in [-0.1, -0.05) is 123 Å². The van der Waals surface area contributed by atoms with Gasteiger partial charge < -0.3 is 23.9 Å². The first-order valence-corrected chi connectivity index (χ1v) is 28.5. The third kappa shape index (κ3) is 14.8. The summed E-state index contributed by atoms with van der Waals surface area (Å²) in [4.78, 5) is 42.7. The summed E-state index contributed by atoms with van der Waals surface area (Å²) in [6.07, 6.45) is 3.23. The van der Waals surface area contributed by atoms with Gasteiger partial charge in [0.05, 0.1) is 18.1 Å². The molecule has 0 unspecified atom stereocenters. The number of benzene rings is 5. The first-order chi connectivity index (χ1) is 33.3. The van der Waals surface area contributed by atoms with Crippen LogP contribution in [-0.4, -0.2) is 51.7 Å². The van der Waals surface area contributed by atoms with Crippen molar-refractivity contribution in [2.75, 3.05) is 16.9 Å². The predicted octanol–water partition coefficient (Wildman–Crippen LogP) is 11.2. The van der Waals surface area contributed by atoms with Crippen LogP contribution in [0.4, 0.5) is 10.1 Å². The van der Waals surface area contributed by atoms with E-state index in [2.05, 4.69) is 57.5 Å². The van der Waals surface area contributed by atoms with Crippen molar-refractivity contribution in [3.05, 3.63) is 167 Å². The number of hydrogen-bond donors (Lipinski definition) is 1. The highest BCUT2D eigenvalue weighted by Gasteiger charge is 2.50. The van der Waals surface area contributed by atoms with Crippen LogP contribution in [0.5, 0.6) is 5.75 Å². The monoisotopic (exact) mass is 983 g/mol. The van der Waals surface area contributed by atoms with Crippen LogP contribution < -0.4 is 4.90 Å². The second-order valence-corrected chi connectivity index (χ2v) is 26.2. The van der Waals surface area contributed by atoms with Crippen molar-refractivity contribution < 1.29 is 46.2 Å². The fourth-order valence-electron chi connectivity index (χ4n) is 7.80. The summed E-state index contributed by atoms with van der Waals surface area (Å²) < 4.78 is 55.1. The lowest BCUT2D eigenvalue weighted by Gasteiger charge is -2.48. The first kappa shape index (κ1) is 52.9. The average molecular weight is 984 g/mol. The quantitative estimate of drug-likeness (QED) is 0.0214. The summed E-state index contributed by atoms with van der Waals surface area (Å²) in [5, 5.41) is 11.6. The number of anilines is 1. The Labute approximate surface area is 413 Å². The number of β-lactam (4-membered cyclic amide) rings is 1. The molecule has 0 bridgehead atoms. The number of halogens is 1. The third-order valence-electron chi connectivity index (χ3n) is 12.8. The van der Waals surface area contributed by atoms with Crippen LogP contribution in [0.2, 0.25) is 18.1 Å². The highest BCUT2D eigenvalue weighted by atomic mass is 32.2. The standard InChI is InChI=1S/C57H62FNO9SSi/c1-57(2,3)70(5,6)68-52(45-28-30-46(58)31-29-45)36-35-49-53(59(54(49)61)47-32-25-41(26-33-47)18-11-7-8-16-37-69(4,64)65)48-34-27-42(38-51(48)60)23-17-24-50(55(62)66-39-43-19-12-9-13-20-43)56(63)67-40-44-21-14-10-15-22-44/h9-10,12-15,19-22,25-34,38,49-50,52-53,60H,7-8,16,24,35-37,39-40H2,1-6H3/t49-,52+,53-/m1/s1. The molecule has 0 aliphatic carbocycles. The smallest absolute Gasteiger partial charge is 0.321 e. The molecule has 1 aliphatic rings. The molecule has 1 aliphatic heterocycles. The van der Waals surface area contributed by atoms with Gasteiger partial charge in [-0.25, -0.2) is 12.8 Å². The topological polar surface area (TPSA) is 137 Å². The van der Waals surface area contributed by atoms with E-state index in [1.165, 1.54) is 24.5 Å². The minimum Gasteiger partial charge on any atom is -0.508 e. The van der Waals surface area contributed by atoms with Gasteiger partial charge in [0.1, 0.15) is 34.6 Å². The van der Waals surface area contributed by atoms with Crippen molar-refractivity contribution in [1.82, 2.24) is 0 Å². The minimum absolute atomic E-state index is 0.0299. The van der Waals surface area contributed by atoms with Crippen molar-refractivity contribution in [2.24, 2.45) is 11.8 Å². The summed E-state index contributed by atoms with van der Waals surface area (Å²) in [5.74, 6) is 8.28. The van der Waals surface area contributed by atoms with Crippen molar-refractivity contribution in [1.29, 1.82) is 0 Å². The molecule has 0 spiro atoms. The summed E-state index contributed by atoms with van der Waals surface area (Å²) >= 11 is 0. The highest BCUT2D eigenvalue weighted by molar-refractivity contribution is 7.90. The van der Waals surface area contributed by atoms with Crippen molar-refractivity contribution in [3.8, 4) is 29.4 Å². The number of rotatable bonds is 19. The third-order valence-corrected chi connectivity index (χ3v) is 18.3. The summed E-state index contributed by atoms with van der Waals surface area (Å²) in [6, 6.07) is 36.2. The number of sulfone groups is 1. The molecule has 1 N–H and O–H groups in total. The number of amides is 1. The molecule has 1 heterocycles. The fraction of sp³-hybridized carbons (Fsp3) is 0.351. The molecule has 3 atom stereocenters. The molecule has 1 saturated heterocycles. The lowest BCUT2D eigenvalue weighted by Crippen LogP contribution is -2.55. The molecule has 5 aromatic rings. The van der Waals surface area contributed by atoms with Crippen LogP contribution >= 0.6 is 0 Å². The molecule has 1 fully saturated rings. The van der Waals surface area contributed by atoms with E-state index in [1.807, 2.05) is 84.9 Å². The Morgan fingerprint density at radius 3 is 1.91 bits per heavy atom. The van der Waals surface area contributed by atoms with Gasteiger partial charge in [-0.15, -0.1) is 0 Å². The lowest BCUT2D eigenvalue weighted by molar-refractivity contribution is -0.163. The van der Waals surface area contributed by atoms with E-state index in [9.17, 15) is 32.3 Å². The van der Waals surface area contributed by atoms with Crippen LogP contribution in [0.3, 0.4) is 0 Å². The van der Waals surface area contributed by atoms with Crippen LogP contribution in [0.15, 0.2) is 127 Å². The number of esters is 2. The van der Waals surface area contributed by atoms with Crippen molar-refractivity contribution in [2.45, 2.75) is 103 Å². The number of phenols is 1. The van der Waals surface area contributed by atoms with E-state index in [4.69, 9.17) is 13.9 Å². The second-order valence-electron chi connectivity index (χ2n) is 19.2. The van der Waals surface area contributed by atoms with E-state index in [1.54, 1.807) is 29.2 Å². The van der Waals surface area contributed by atoms with Gasteiger partial charge in [0.15, 0.2) is 14.2 Å². The zero-order valence-electron chi connectivity index (χ0n) is 40.7. The van der Waals surface area contributed by atoms with Gasteiger partial charge in [0.2, 0.25) is 5.91 Å². The molecule has 0 aromatic heterocycles. The molecule has 70 heavy (non-hydrogen) atoms. The maximum atomic E-state index is 14.4. The van der Waals surface area contributed by atoms with Crippen LogP contribution in [0.1, 0.15) is 105 Å². The van der Waals surface area contributed by atoms with E-state index < -0.39 is 54.1 Å². The van der Waals surface area contributed by atoms with Crippen LogP contribution in [0, 0.1) is 41.3 Å². The van der Waals surface area contributed by atoms with Gasteiger partial charge in [-0.05, 0) is 109 Å². The van der Waals surface area contributed by atoms with E-state index in [0.717, 1.165) is 22.3 Å². The van der Waals surface area contributed by atoms with Crippen LogP contribution in [0.25, 0.3) is 0 Å². The molecule has 10 nitrogen and oxygen atoms in total. The highest BCUT2D eigenvalue weighted by Crippen LogP contribution is 2.49. The number of phenolic OH excluding ortho intramolecular Hbond substituents is 1. The van der Waals surface area contributed by atoms with Gasteiger partial charge >= 0.3 is 11.9 Å². The average Bonchev–Trinajstić information content (AvgIpc) is 3.32. The number of carbonyl (C=O) groups excluding carboxylic acids is 3. The van der Waals surface area contributed by atoms with Gasteiger partial charge in [-0.3, -0.25) is 14.4 Å². The van der Waals surface area contributed by atoms with Crippen molar-refractivity contribution in [3.63, 3.8) is 0 Å². The predicted molar refractivity (Wildman–Crippen MR) is 273 cm³/mol. The van der Waals surface area contributed by atoms with Crippen molar-refractivity contribution >= 4 is 41.7 Å². The molecule has 1 amide bonds. The van der Waals surface area contributed by atoms with Gasteiger partial charge in [0, 0.05) is 47.2 Å². The summed E-state index contributed by atoms with van der Waals surface area (Å²) in [5.41, 5.74) is 4.61. The Morgan fingerprint density at radius 2 is 1.36 bits per heavy atom. The molecule has 13 heteroatoms. The summed E-state index contributed by atoms with van der Waals surface area (Å²) in [7, 11) is -5.36. The Morgan fingerprint density at radius 1 is 0.786 bits per heavy atom. The fourth-order valence-corrected chi connectivity index (χ4v) is 9.85. The van der Waals surface area contributed by atoms with Gasteiger partial charge in [0.25, 0.3) is 0 Å². The van der Waals surface area contributed by atoms with E-state index in [-0.39, 0.29) is 47.9 Å². The zero-order valence-corrected chi connectivity index (χ0v) is 42.6. The lowest BCUT2D eigenvalue weighted by atomic mass is 9.77. The van der Waals surface area contributed by atoms with E-state index in [0.29, 0.717) is 48.9 Å². The number of ether oxygens (including phenoxy) is 2. The number of unbranched alkanes of at least 4 members (excludes halogenated alkanes) is 2.